The molecule has 1 aromatic rings. The van der Waals surface area contributed by atoms with E-state index < -0.39 is 83.9 Å². The monoisotopic (exact) mass is 1250 g/mol. The Morgan fingerprint density at radius 1 is 0.830 bits per heavy atom. The second kappa shape index (κ2) is 35.1. The highest BCUT2D eigenvalue weighted by molar-refractivity contribution is 7.80. The number of carbonyl (C=O) groups excluding carboxylic acids is 5. The lowest BCUT2D eigenvalue weighted by Crippen LogP contribution is -2.61. The number of ether oxygens (including phenoxy) is 7. The van der Waals surface area contributed by atoms with Crippen LogP contribution in [0.1, 0.15) is 151 Å². The summed E-state index contributed by atoms with van der Waals surface area (Å²) >= 11 is 5.79. The summed E-state index contributed by atoms with van der Waals surface area (Å²) < 4.78 is 42.1. The number of anilines is 1. The van der Waals surface area contributed by atoms with E-state index in [1.165, 1.54) is 12.0 Å². The number of aromatic nitrogens is 2. The molecule has 1 aliphatic carbocycles. The van der Waals surface area contributed by atoms with Crippen molar-refractivity contribution in [3.05, 3.63) is 65.6 Å². The molecule has 16 atom stereocenters. The van der Waals surface area contributed by atoms with Gasteiger partial charge in [-0.3, -0.25) is 19.2 Å². The molecule has 0 radical (unpaired) electrons. The van der Waals surface area contributed by atoms with Crippen LogP contribution in [-0.4, -0.2) is 197 Å². The summed E-state index contributed by atoms with van der Waals surface area (Å²) in [5.41, 5.74) is 2.23. The summed E-state index contributed by atoms with van der Waals surface area (Å²) in [5, 5.41) is 36.3. The van der Waals surface area contributed by atoms with Crippen LogP contribution in [0.15, 0.2) is 60.0 Å². The first-order valence-electron chi connectivity index (χ1n) is 32.3. The number of cyclic esters (lactones) is 1. The van der Waals surface area contributed by atoms with Crippen molar-refractivity contribution in [2.24, 2.45) is 35.5 Å². The molecular weight excluding hydrogens is 1150 g/mol. The van der Waals surface area contributed by atoms with Crippen LogP contribution in [0, 0.1) is 35.5 Å². The molecule has 3 N–H and O–H groups in total. The summed E-state index contributed by atoms with van der Waals surface area (Å²) in [5.74, 6) is -6.83. The summed E-state index contributed by atoms with van der Waals surface area (Å²) in [6, 6.07) is -1.15. The van der Waals surface area contributed by atoms with Gasteiger partial charge in [0, 0.05) is 110 Å². The van der Waals surface area contributed by atoms with E-state index in [1.54, 1.807) is 41.1 Å². The number of methoxy groups -OCH3 is 3. The zero-order valence-electron chi connectivity index (χ0n) is 54.2. The van der Waals surface area contributed by atoms with Gasteiger partial charge in [0.2, 0.25) is 17.6 Å². The number of esters is 1. The molecule has 20 nitrogen and oxygen atoms in total. The number of aryl methyl sites for hydroxylation is 1. The van der Waals surface area contributed by atoms with E-state index >= 15 is 0 Å². The fourth-order valence-electron chi connectivity index (χ4n) is 13.1. The number of piperidine rings is 1. The molecule has 88 heavy (non-hydrogen) atoms. The predicted octanol–water partition coefficient (Wildman–Crippen LogP) is 7.82. The number of carbonyl (C=O) groups is 5. The minimum atomic E-state index is -2.45. The van der Waals surface area contributed by atoms with E-state index in [0.717, 1.165) is 17.6 Å². The highest BCUT2D eigenvalue weighted by Gasteiger charge is 2.53. The SMILES string of the molecule is CCOCCC(=O)N1CCN(c2ncc(CCC(=S)O[C@@H]3CC[C@@H](C[C@@H](C)[C@@H]4C[C@@H](O)[C@H](C)/C=C(\C)[C@@H](O)[C@@H](OC)C(=O)[C@H](C)C[C@H](C)/C=C/C=C/C=C(\C)[C@@H](OC)C[C@@H]5CC[C@@H](C)[C@@](O)(O5)C(=O)C(=O)N5CCCC[C@H]5C(=O)O4)C[C@H]3OC)cn2)CC1. The van der Waals surface area contributed by atoms with Crippen molar-refractivity contribution in [3.63, 3.8) is 0 Å². The van der Waals surface area contributed by atoms with Gasteiger partial charge in [0.15, 0.2) is 10.8 Å². The van der Waals surface area contributed by atoms with Crippen molar-refractivity contribution in [1.82, 2.24) is 19.8 Å². The Bertz CT molecular complexity index is 2570. The maximum Gasteiger partial charge on any atom is 0.329 e. The number of hydrogen-bond acceptors (Lipinski definition) is 19. The second-order valence-corrected chi connectivity index (χ2v) is 25.9. The molecule has 3 saturated heterocycles. The molecule has 21 heteroatoms. The summed E-state index contributed by atoms with van der Waals surface area (Å²) in [6.45, 7) is 18.4. The molecule has 1 aromatic heterocycles. The molecule has 1 saturated carbocycles. The van der Waals surface area contributed by atoms with Crippen molar-refractivity contribution in [2.45, 2.75) is 212 Å². The van der Waals surface area contributed by atoms with Gasteiger partial charge in [-0.1, -0.05) is 71.1 Å². The topological polar surface area (TPSA) is 246 Å². The first-order chi connectivity index (χ1) is 42.0. The number of thiocarbonyl (C=S) groups is 1. The van der Waals surface area contributed by atoms with Gasteiger partial charge in [0.05, 0.1) is 37.4 Å². The van der Waals surface area contributed by atoms with Crippen LogP contribution >= 0.6 is 12.2 Å². The molecule has 0 unspecified atom stereocenters. The molecule has 2 amide bonds. The lowest BCUT2D eigenvalue weighted by molar-refractivity contribution is -0.265. The third kappa shape index (κ3) is 20.1. The van der Waals surface area contributed by atoms with Crippen LogP contribution < -0.4 is 4.90 Å². The van der Waals surface area contributed by atoms with E-state index in [-0.39, 0.29) is 61.0 Å². The second-order valence-electron chi connectivity index (χ2n) is 25.5. The minimum Gasteiger partial charge on any atom is -0.481 e. The lowest BCUT2D eigenvalue weighted by atomic mass is 9.78. The number of allylic oxidation sites excluding steroid dienone is 5. The third-order valence-electron chi connectivity index (χ3n) is 18.8. The Labute approximate surface area is 528 Å². The molecule has 5 aliphatic rings. The van der Waals surface area contributed by atoms with Gasteiger partial charge in [0.1, 0.15) is 30.5 Å². The zero-order chi connectivity index (χ0) is 64.2. The molecule has 5 heterocycles. The number of rotatable bonds is 15. The third-order valence-corrected chi connectivity index (χ3v) is 19.1. The fourth-order valence-corrected chi connectivity index (χ4v) is 13.3. The van der Waals surface area contributed by atoms with Crippen LogP contribution in [0.25, 0.3) is 0 Å². The Morgan fingerprint density at radius 3 is 2.24 bits per heavy atom. The maximum absolute atomic E-state index is 14.8. The number of aliphatic hydroxyl groups excluding tert-OH is 2. The summed E-state index contributed by atoms with van der Waals surface area (Å²) in [6.07, 6.45) is 16.0. The van der Waals surface area contributed by atoms with Gasteiger partial charge in [-0.2, -0.15) is 0 Å². The Balaban J connectivity index is 1.16. The number of hydrogen-bond donors (Lipinski definition) is 3. The fraction of sp³-hybridized carbons (Fsp3) is 0.731. The zero-order valence-corrected chi connectivity index (χ0v) is 55.0. The molecule has 0 aromatic carbocycles. The van der Waals surface area contributed by atoms with Crippen LogP contribution in [0.3, 0.4) is 0 Å². The number of piperazine rings is 1. The first kappa shape index (κ1) is 72.2. The molecule has 6 rings (SSSR count). The van der Waals surface area contributed by atoms with Crippen molar-refractivity contribution in [1.29, 1.82) is 0 Å². The summed E-state index contributed by atoms with van der Waals surface area (Å²) in [7, 11) is 4.64. The molecule has 4 aliphatic heterocycles. The number of ketones is 2. The van der Waals surface area contributed by atoms with E-state index in [1.807, 2.05) is 82.3 Å². The maximum atomic E-state index is 14.8. The molecule has 0 spiro atoms. The largest absolute Gasteiger partial charge is 0.481 e. The standard InChI is InChI=1S/C67H103N5O15S/c1-12-84-33-27-58(74)70-29-31-71(32-30-70)66-68-40-50(41-69-66)23-26-59(88)85-54-25-22-49(37-57(54)82-10)36-45(5)56-39-53(73)44(4)35-47(7)61(76)62(83-11)60(75)46(6)34-42(2)18-14-13-15-19-43(3)55(81-9)38-51-24-21-48(8)67(80,87-51)63(77)64(78)72-28-17-16-20-52(72)65(79)86-56/h13-15,18-19,35,40-42,44-46,48-49,51-57,61-62,73,76,80H,12,16-17,20-34,36-39H2,1-11H3/b15-13+,18-14+,43-19+,47-35+/t42-,44-,45-,46-,48-,49+,51+,52+,53-,54-,55+,56+,57-,61-,62+,67-/m1/s1. The highest BCUT2D eigenvalue weighted by atomic mass is 32.1. The van der Waals surface area contributed by atoms with E-state index in [2.05, 4.69) is 14.9 Å². The molecule has 2 bridgehead atoms. The highest BCUT2D eigenvalue weighted by Crippen LogP contribution is 2.39. The van der Waals surface area contributed by atoms with Crippen molar-refractivity contribution >= 4 is 52.6 Å². The van der Waals surface area contributed by atoms with Crippen LogP contribution in [-0.2, 0) is 63.6 Å². The number of Topliss-reactive ketones (excluding diaryl/α,β-unsaturated/α-hetero) is 2. The number of fused-ring (bicyclic) bond motifs is 3. The Kier molecular flexibility index (Phi) is 28.8. The quantitative estimate of drug-likeness (QED) is 0.0498. The lowest BCUT2D eigenvalue weighted by Gasteiger charge is -2.43. The Morgan fingerprint density at radius 2 is 1.56 bits per heavy atom. The van der Waals surface area contributed by atoms with E-state index in [0.29, 0.717) is 133 Å². The molecule has 492 valence electrons. The normalized spacial score (nSPS) is 34.7. The first-order valence-corrected chi connectivity index (χ1v) is 32.7. The average molecular weight is 1250 g/mol. The number of aliphatic hydroxyl groups is 3. The minimum absolute atomic E-state index is 0.00937. The number of nitrogens with zero attached hydrogens (tertiary/aromatic N) is 5. The van der Waals surface area contributed by atoms with Gasteiger partial charge >= 0.3 is 5.97 Å². The van der Waals surface area contributed by atoms with Gasteiger partial charge < -0.3 is 63.2 Å². The van der Waals surface area contributed by atoms with Gasteiger partial charge in [-0.05, 0) is 138 Å². The van der Waals surface area contributed by atoms with Gasteiger partial charge in [0.25, 0.3) is 11.7 Å². The van der Waals surface area contributed by atoms with Crippen molar-refractivity contribution < 1.29 is 72.5 Å². The predicted molar refractivity (Wildman–Crippen MR) is 338 cm³/mol. The smallest absolute Gasteiger partial charge is 0.329 e. The summed E-state index contributed by atoms with van der Waals surface area (Å²) in [4.78, 5) is 84.6. The van der Waals surface area contributed by atoms with Crippen LogP contribution in [0.4, 0.5) is 5.95 Å². The van der Waals surface area contributed by atoms with E-state index in [4.69, 9.17) is 45.4 Å². The van der Waals surface area contributed by atoms with Gasteiger partial charge in [-0.15, -0.1) is 0 Å². The van der Waals surface area contributed by atoms with E-state index in [9.17, 15) is 39.3 Å². The number of amides is 2. The molecule has 4 fully saturated rings. The average Bonchev–Trinajstić information content (AvgIpc) is 1.16. The van der Waals surface area contributed by atoms with Gasteiger partial charge in [-0.25, -0.2) is 14.8 Å². The van der Waals surface area contributed by atoms with Crippen molar-refractivity contribution in [2.75, 3.05) is 72.2 Å². The van der Waals surface area contributed by atoms with Crippen LogP contribution in [0.2, 0.25) is 0 Å². The van der Waals surface area contributed by atoms with Crippen LogP contribution in [0.5, 0.6) is 0 Å². The Hall–Kier alpha value is -4.84. The van der Waals surface area contributed by atoms with Crippen molar-refractivity contribution in [3.8, 4) is 0 Å². The molecular formula is C67H103N5O15S.